The summed E-state index contributed by atoms with van der Waals surface area (Å²) in [5.41, 5.74) is 2.23. The number of hydrogen-bond donors (Lipinski definition) is 1. The fraction of sp³-hybridized carbons (Fsp3) is 0.133. The van der Waals surface area contributed by atoms with Crippen LogP contribution in [-0.4, -0.2) is 17.6 Å². The van der Waals surface area contributed by atoms with Gasteiger partial charge >= 0.3 is 0 Å². The van der Waals surface area contributed by atoms with Crippen molar-refractivity contribution in [1.82, 2.24) is 0 Å². The monoisotopic (exact) mass is 239 g/mol. The molecule has 0 radical (unpaired) electrons. The zero-order valence-electron chi connectivity index (χ0n) is 9.84. The van der Waals surface area contributed by atoms with Gasteiger partial charge in [-0.05, 0) is 30.2 Å². The molecule has 1 aliphatic heterocycles. The minimum absolute atomic E-state index is 0.0677. The molecule has 0 aliphatic carbocycles. The third-order valence-corrected chi connectivity index (χ3v) is 3.26. The molecule has 1 amide bonds. The van der Waals surface area contributed by atoms with Crippen molar-refractivity contribution in [2.75, 3.05) is 11.4 Å². The van der Waals surface area contributed by atoms with Crippen molar-refractivity contribution >= 4 is 11.6 Å². The number of phenolic OH excluding ortho intramolecular Hbond substituents is 1. The van der Waals surface area contributed by atoms with E-state index in [0.29, 0.717) is 12.1 Å². The highest BCUT2D eigenvalue weighted by Crippen LogP contribution is 2.29. The van der Waals surface area contributed by atoms with Gasteiger partial charge in [0.2, 0.25) is 0 Å². The molecular formula is C15H13NO2. The highest BCUT2D eigenvalue weighted by atomic mass is 16.3. The largest absolute Gasteiger partial charge is 0.507 e. The lowest BCUT2D eigenvalue weighted by atomic mass is 9.97. The van der Waals surface area contributed by atoms with Gasteiger partial charge in [-0.25, -0.2) is 0 Å². The van der Waals surface area contributed by atoms with Gasteiger partial charge in [-0.3, -0.25) is 4.79 Å². The number of aromatic hydroxyl groups is 1. The number of amides is 1. The van der Waals surface area contributed by atoms with Crippen LogP contribution in [0, 0.1) is 0 Å². The molecule has 2 aromatic rings. The van der Waals surface area contributed by atoms with E-state index >= 15 is 0 Å². The van der Waals surface area contributed by atoms with Gasteiger partial charge in [0, 0.05) is 12.2 Å². The van der Waals surface area contributed by atoms with Gasteiger partial charge in [0.25, 0.3) is 5.91 Å². The number of rotatable bonds is 1. The van der Waals surface area contributed by atoms with E-state index in [4.69, 9.17) is 0 Å². The Kier molecular flexibility index (Phi) is 2.52. The maximum absolute atomic E-state index is 12.4. The van der Waals surface area contributed by atoms with Crippen LogP contribution in [-0.2, 0) is 6.42 Å². The molecule has 1 heterocycles. The van der Waals surface area contributed by atoms with Gasteiger partial charge in [-0.15, -0.1) is 0 Å². The Morgan fingerprint density at radius 3 is 2.56 bits per heavy atom. The first kappa shape index (κ1) is 10.8. The van der Waals surface area contributed by atoms with Crippen LogP contribution in [0.2, 0.25) is 0 Å². The van der Waals surface area contributed by atoms with Crippen molar-refractivity contribution in [3.63, 3.8) is 0 Å². The first-order valence-corrected chi connectivity index (χ1v) is 5.95. The van der Waals surface area contributed by atoms with Crippen molar-refractivity contribution in [3.8, 4) is 5.75 Å². The minimum Gasteiger partial charge on any atom is -0.507 e. The summed E-state index contributed by atoms with van der Waals surface area (Å²) in [6.45, 7) is 0.652. The van der Waals surface area contributed by atoms with Crippen LogP contribution < -0.4 is 4.90 Å². The van der Waals surface area contributed by atoms with Crippen LogP contribution in [0.15, 0.2) is 48.5 Å². The smallest absolute Gasteiger partial charge is 0.262 e. The number of fused-ring (bicyclic) bond motifs is 1. The topological polar surface area (TPSA) is 40.5 Å². The Balaban J connectivity index is 2.05. The summed E-state index contributed by atoms with van der Waals surface area (Å²) in [5, 5.41) is 9.84. The molecule has 0 unspecified atom stereocenters. The summed E-state index contributed by atoms with van der Waals surface area (Å²) in [5.74, 6) is -0.0568. The lowest BCUT2D eigenvalue weighted by molar-refractivity contribution is 0.0978. The summed E-state index contributed by atoms with van der Waals surface area (Å²) in [6.07, 6.45) is 0.768. The average molecular weight is 239 g/mol. The quantitative estimate of drug-likeness (QED) is 0.831. The number of benzene rings is 2. The van der Waals surface area contributed by atoms with Gasteiger partial charge in [0.1, 0.15) is 5.75 Å². The van der Waals surface area contributed by atoms with E-state index in [9.17, 15) is 9.90 Å². The van der Waals surface area contributed by atoms with E-state index < -0.39 is 0 Å². The molecule has 18 heavy (non-hydrogen) atoms. The zero-order valence-corrected chi connectivity index (χ0v) is 9.84. The molecule has 3 nitrogen and oxygen atoms in total. The average Bonchev–Trinajstić information content (AvgIpc) is 2.40. The molecule has 0 atom stereocenters. The van der Waals surface area contributed by atoms with E-state index in [2.05, 4.69) is 0 Å². The Morgan fingerprint density at radius 1 is 1.00 bits per heavy atom. The second-order valence-corrected chi connectivity index (χ2v) is 4.35. The Labute approximate surface area is 105 Å². The fourth-order valence-electron chi connectivity index (χ4n) is 2.36. The fourth-order valence-corrected chi connectivity index (χ4v) is 2.36. The molecule has 3 heteroatoms. The van der Waals surface area contributed by atoms with E-state index in [0.717, 1.165) is 17.7 Å². The van der Waals surface area contributed by atoms with Crippen LogP contribution in [0.5, 0.6) is 5.75 Å². The number of anilines is 1. The minimum atomic E-state index is -0.124. The van der Waals surface area contributed by atoms with E-state index in [-0.39, 0.29) is 11.7 Å². The summed E-state index contributed by atoms with van der Waals surface area (Å²) in [4.78, 5) is 14.1. The first-order chi connectivity index (χ1) is 8.77. The number of hydrogen-bond acceptors (Lipinski definition) is 2. The van der Waals surface area contributed by atoms with E-state index in [1.165, 1.54) is 0 Å². The van der Waals surface area contributed by atoms with Gasteiger partial charge in [-0.2, -0.15) is 0 Å². The molecule has 2 aromatic carbocycles. The summed E-state index contributed by atoms with van der Waals surface area (Å²) < 4.78 is 0. The molecule has 0 aromatic heterocycles. The summed E-state index contributed by atoms with van der Waals surface area (Å²) >= 11 is 0. The maximum atomic E-state index is 12.4. The lowest BCUT2D eigenvalue weighted by Gasteiger charge is -2.28. The van der Waals surface area contributed by atoms with Crippen molar-refractivity contribution < 1.29 is 9.90 Å². The third-order valence-electron chi connectivity index (χ3n) is 3.26. The van der Waals surface area contributed by atoms with E-state index in [1.807, 2.05) is 36.4 Å². The molecule has 1 aliphatic rings. The molecule has 1 N–H and O–H groups in total. The molecule has 0 fully saturated rings. The first-order valence-electron chi connectivity index (χ1n) is 5.95. The molecule has 3 rings (SSSR count). The molecule has 0 saturated carbocycles. The Morgan fingerprint density at radius 2 is 1.78 bits per heavy atom. The van der Waals surface area contributed by atoms with E-state index in [1.54, 1.807) is 17.0 Å². The van der Waals surface area contributed by atoms with Gasteiger partial charge in [0.05, 0.1) is 5.56 Å². The number of para-hydroxylation sites is 1. The maximum Gasteiger partial charge on any atom is 0.262 e. The standard InChI is InChI=1S/C15H13NO2/c17-13-8-4-5-11-9-10-16(15(18)14(11)13)12-6-2-1-3-7-12/h1-8,17H,9-10H2. The summed E-state index contributed by atoms with van der Waals surface area (Å²) in [7, 11) is 0. The molecular weight excluding hydrogens is 226 g/mol. The zero-order chi connectivity index (χ0) is 12.5. The van der Waals surface area contributed by atoms with Crippen molar-refractivity contribution in [3.05, 3.63) is 59.7 Å². The SMILES string of the molecule is O=C1c2c(O)cccc2CCN1c1ccccc1. The normalized spacial score (nSPS) is 14.4. The molecule has 0 spiro atoms. The molecule has 0 saturated heterocycles. The van der Waals surface area contributed by atoms with Crippen LogP contribution >= 0.6 is 0 Å². The predicted octanol–water partition coefficient (Wildman–Crippen LogP) is 2.60. The van der Waals surface area contributed by atoms with Crippen LogP contribution in [0.4, 0.5) is 5.69 Å². The molecule has 0 bridgehead atoms. The van der Waals surface area contributed by atoms with Gasteiger partial charge in [-0.1, -0.05) is 30.3 Å². The van der Waals surface area contributed by atoms with Crippen molar-refractivity contribution in [2.45, 2.75) is 6.42 Å². The van der Waals surface area contributed by atoms with Gasteiger partial charge in [0.15, 0.2) is 0 Å². The Hall–Kier alpha value is -2.29. The second-order valence-electron chi connectivity index (χ2n) is 4.35. The van der Waals surface area contributed by atoms with Crippen molar-refractivity contribution in [1.29, 1.82) is 0 Å². The Bertz CT molecular complexity index is 593. The van der Waals surface area contributed by atoms with Crippen LogP contribution in [0.25, 0.3) is 0 Å². The van der Waals surface area contributed by atoms with Crippen LogP contribution in [0.1, 0.15) is 15.9 Å². The predicted molar refractivity (Wildman–Crippen MR) is 69.9 cm³/mol. The lowest BCUT2D eigenvalue weighted by Crippen LogP contribution is -2.37. The number of carbonyl (C=O) groups is 1. The van der Waals surface area contributed by atoms with Crippen LogP contribution in [0.3, 0.4) is 0 Å². The third kappa shape index (κ3) is 1.64. The number of nitrogens with zero attached hydrogens (tertiary/aromatic N) is 1. The van der Waals surface area contributed by atoms with Crippen molar-refractivity contribution in [2.24, 2.45) is 0 Å². The highest BCUT2D eigenvalue weighted by Gasteiger charge is 2.27. The second kappa shape index (κ2) is 4.18. The highest BCUT2D eigenvalue weighted by molar-refractivity contribution is 6.09. The number of carbonyl (C=O) groups excluding carboxylic acids is 1. The van der Waals surface area contributed by atoms with Gasteiger partial charge < -0.3 is 10.0 Å². The molecule has 90 valence electrons. The summed E-state index contributed by atoms with van der Waals surface area (Å²) in [6, 6.07) is 14.8. The number of phenols is 1.